The van der Waals surface area contributed by atoms with Crippen LogP contribution in [0.2, 0.25) is 0 Å². The van der Waals surface area contributed by atoms with Gasteiger partial charge in [0.1, 0.15) is 5.69 Å². The zero-order chi connectivity index (χ0) is 15.3. The molecule has 0 fully saturated rings. The van der Waals surface area contributed by atoms with Gasteiger partial charge in [0.05, 0.1) is 16.1 Å². The second-order valence-corrected chi connectivity index (χ2v) is 4.61. The molecule has 0 spiro atoms. The Hall–Kier alpha value is -2.15. The molecule has 7 nitrogen and oxygen atoms in total. The van der Waals surface area contributed by atoms with Crippen LogP contribution in [0.5, 0.6) is 0 Å². The number of aliphatic hydroxyl groups is 1. The number of carbonyl (C=O) groups excluding carboxylic acids is 1. The van der Waals surface area contributed by atoms with Gasteiger partial charge in [-0.25, -0.2) is 0 Å². The van der Waals surface area contributed by atoms with E-state index in [1.807, 2.05) is 13.8 Å². The number of hydrogen-bond acceptors (Lipinski definition) is 5. The van der Waals surface area contributed by atoms with Gasteiger partial charge in [-0.15, -0.1) is 0 Å². The molecule has 0 atom stereocenters. The number of carbonyl (C=O) groups is 1. The molecular formula is C13H19N3O4. The first-order chi connectivity index (χ1) is 9.34. The molecule has 110 valence electrons. The summed E-state index contributed by atoms with van der Waals surface area (Å²) in [5, 5.41) is 23.4. The minimum absolute atomic E-state index is 0.0359. The number of nitrogens with one attached hydrogen (secondary N) is 1. The van der Waals surface area contributed by atoms with Gasteiger partial charge >= 0.3 is 0 Å². The van der Waals surface area contributed by atoms with E-state index in [1.54, 1.807) is 0 Å². The van der Waals surface area contributed by atoms with Crippen LogP contribution in [0.1, 0.15) is 37.0 Å². The van der Waals surface area contributed by atoms with E-state index in [4.69, 9.17) is 5.73 Å². The highest BCUT2D eigenvalue weighted by atomic mass is 16.6. The number of amides is 1. The lowest BCUT2D eigenvalue weighted by Crippen LogP contribution is -2.42. The number of rotatable bonds is 6. The first-order valence-corrected chi connectivity index (χ1v) is 6.38. The number of para-hydroxylation sites is 1. The fraction of sp³-hybridized carbons (Fsp3) is 0.462. The van der Waals surface area contributed by atoms with Crippen LogP contribution in [0.25, 0.3) is 0 Å². The number of nitrogens with two attached hydrogens (primary N) is 1. The summed E-state index contributed by atoms with van der Waals surface area (Å²) >= 11 is 0. The zero-order valence-electron chi connectivity index (χ0n) is 11.5. The molecule has 0 saturated carbocycles. The first-order valence-electron chi connectivity index (χ1n) is 6.38. The minimum Gasteiger partial charge on any atom is -0.393 e. The van der Waals surface area contributed by atoms with Gasteiger partial charge in [-0.2, -0.15) is 0 Å². The molecule has 0 aliphatic rings. The Morgan fingerprint density at radius 3 is 2.55 bits per heavy atom. The van der Waals surface area contributed by atoms with Crippen molar-refractivity contribution in [3.63, 3.8) is 0 Å². The first kappa shape index (κ1) is 15.9. The predicted molar refractivity (Wildman–Crippen MR) is 75.4 cm³/mol. The quantitative estimate of drug-likeness (QED) is 0.414. The summed E-state index contributed by atoms with van der Waals surface area (Å²) < 4.78 is 0. The second kappa shape index (κ2) is 6.33. The molecule has 1 aromatic carbocycles. The second-order valence-electron chi connectivity index (χ2n) is 4.61. The number of benzene rings is 1. The van der Waals surface area contributed by atoms with Gasteiger partial charge in [0, 0.05) is 12.6 Å². The van der Waals surface area contributed by atoms with Crippen molar-refractivity contribution in [3.8, 4) is 0 Å². The summed E-state index contributed by atoms with van der Waals surface area (Å²) in [6.07, 6.45) is 0.988. The Labute approximate surface area is 116 Å². The fourth-order valence-electron chi connectivity index (χ4n) is 1.75. The molecule has 0 radical (unpaired) electrons. The maximum atomic E-state index is 12.0. The van der Waals surface area contributed by atoms with Crippen LogP contribution in [0, 0.1) is 10.1 Å². The predicted octanol–water partition coefficient (Wildman–Crippen LogP) is 1.46. The summed E-state index contributed by atoms with van der Waals surface area (Å²) in [6, 6.07) is 4.05. The molecule has 0 unspecified atom stereocenters. The SMILES string of the molecule is CCC(O)(CC)CNC(=O)c1cccc([N+](=O)[O-])c1N. The Bertz CT molecular complexity index is 512. The average Bonchev–Trinajstić information content (AvgIpc) is 2.44. The number of nitrogen functional groups attached to an aromatic ring is 1. The van der Waals surface area contributed by atoms with Crippen molar-refractivity contribution in [1.29, 1.82) is 0 Å². The average molecular weight is 281 g/mol. The number of nitro groups is 1. The maximum absolute atomic E-state index is 12.0. The molecule has 0 aliphatic carbocycles. The third-order valence-corrected chi connectivity index (χ3v) is 3.42. The van der Waals surface area contributed by atoms with Crippen LogP contribution >= 0.6 is 0 Å². The van der Waals surface area contributed by atoms with Gasteiger partial charge in [0.25, 0.3) is 11.6 Å². The van der Waals surface area contributed by atoms with Crippen molar-refractivity contribution < 1.29 is 14.8 Å². The molecule has 1 aromatic rings. The molecule has 0 aliphatic heterocycles. The number of nitrogens with zero attached hydrogens (tertiary/aromatic N) is 1. The molecule has 1 rings (SSSR count). The Morgan fingerprint density at radius 1 is 1.45 bits per heavy atom. The highest BCUT2D eigenvalue weighted by Crippen LogP contribution is 2.24. The van der Waals surface area contributed by atoms with Crippen molar-refractivity contribution in [1.82, 2.24) is 5.32 Å². The van der Waals surface area contributed by atoms with E-state index in [2.05, 4.69) is 5.32 Å². The van der Waals surface area contributed by atoms with E-state index in [0.717, 1.165) is 0 Å². The molecule has 7 heteroatoms. The molecule has 0 saturated heterocycles. The normalized spacial score (nSPS) is 11.2. The van der Waals surface area contributed by atoms with Crippen molar-refractivity contribution in [3.05, 3.63) is 33.9 Å². The summed E-state index contributed by atoms with van der Waals surface area (Å²) in [4.78, 5) is 22.1. The van der Waals surface area contributed by atoms with Gasteiger partial charge in [-0.05, 0) is 18.9 Å². The van der Waals surface area contributed by atoms with Gasteiger partial charge in [-0.3, -0.25) is 14.9 Å². The lowest BCUT2D eigenvalue weighted by atomic mass is 9.97. The van der Waals surface area contributed by atoms with E-state index in [-0.39, 0.29) is 23.5 Å². The summed E-state index contributed by atoms with van der Waals surface area (Å²) in [6.45, 7) is 3.70. The van der Waals surface area contributed by atoms with Crippen molar-refractivity contribution in [2.45, 2.75) is 32.3 Å². The van der Waals surface area contributed by atoms with Crippen molar-refractivity contribution in [2.24, 2.45) is 0 Å². The zero-order valence-corrected chi connectivity index (χ0v) is 11.5. The van der Waals surface area contributed by atoms with Crippen molar-refractivity contribution >= 4 is 17.3 Å². The third-order valence-electron chi connectivity index (χ3n) is 3.42. The molecular weight excluding hydrogens is 262 g/mol. The van der Waals surface area contributed by atoms with E-state index < -0.39 is 16.4 Å². The molecule has 0 aromatic heterocycles. The minimum atomic E-state index is -0.981. The van der Waals surface area contributed by atoms with Gasteiger partial charge in [-0.1, -0.05) is 19.9 Å². The van der Waals surface area contributed by atoms with Crippen LogP contribution in [0.15, 0.2) is 18.2 Å². The van der Waals surface area contributed by atoms with Crippen LogP contribution in [-0.4, -0.2) is 28.1 Å². The maximum Gasteiger partial charge on any atom is 0.292 e. The highest BCUT2D eigenvalue weighted by molar-refractivity contribution is 6.01. The molecule has 0 bridgehead atoms. The standard InChI is InChI=1S/C13H19N3O4/c1-3-13(18,4-2)8-15-12(17)9-6-5-7-10(11(9)14)16(19)20/h5-7,18H,3-4,8,14H2,1-2H3,(H,15,17). The number of nitro benzene ring substituents is 1. The van der Waals surface area contributed by atoms with Crippen LogP contribution in [-0.2, 0) is 0 Å². The van der Waals surface area contributed by atoms with E-state index in [0.29, 0.717) is 12.8 Å². The van der Waals surface area contributed by atoms with Gasteiger partial charge < -0.3 is 16.2 Å². The number of hydrogen-bond donors (Lipinski definition) is 3. The molecule has 4 N–H and O–H groups in total. The lowest BCUT2D eigenvalue weighted by molar-refractivity contribution is -0.383. The number of anilines is 1. The largest absolute Gasteiger partial charge is 0.393 e. The Balaban J connectivity index is 2.89. The Kier molecular flexibility index (Phi) is 5.04. The van der Waals surface area contributed by atoms with Crippen LogP contribution in [0.4, 0.5) is 11.4 Å². The van der Waals surface area contributed by atoms with Gasteiger partial charge in [0.2, 0.25) is 0 Å². The smallest absolute Gasteiger partial charge is 0.292 e. The fourth-order valence-corrected chi connectivity index (χ4v) is 1.75. The van der Waals surface area contributed by atoms with Gasteiger partial charge in [0.15, 0.2) is 0 Å². The van der Waals surface area contributed by atoms with Crippen molar-refractivity contribution in [2.75, 3.05) is 12.3 Å². The molecule has 20 heavy (non-hydrogen) atoms. The molecule has 0 heterocycles. The Morgan fingerprint density at radius 2 is 2.05 bits per heavy atom. The summed E-state index contributed by atoms with van der Waals surface area (Å²) in [5.41, 5.74) is 4.20. The third kappa shape index (κ3) is 3.45. The topological polar surface area (TPSA) is 118 Å². The van der Waals surface area contributed by atoms with E-state index in [9.17, 15) is 20.0 Å². The monoisotopic (exact) mass is 281 g/mol. The van der Waals surface area contributed by atoms with Crippen LogP contribution < -0.4 is 11.1 Å². The summed E-state index contributed by atoms with van der Waals surface area (Å²) in [7, 11) is 0. The summed E-state index contributed by atoms with van der Waals surface area (Å²) in [5.74, 6) is -0.536. The van der Waals surface area contributed by atoms with E-state index in [1.165, 1.54) is 18.2 Å². The highest BCUT2D eigenvalue weighted by Gasteiger charge is 2.24. The molecule has 1 amide bonds. The lowest BCUT2D eigenvalue weighted by Gasteiger charge is -2.25. The van der Waals surface area contributed by atoms with E-state index >= 15 is 0 Å². The van der Waals surface area contributed by atoms with Crippen LogP contribution in [0.3, 0.4) is 0 Å².